The van der Waals surface area contributed by atoms with Crippen molar-refractivity contribution in [3.8, 4) is 11.1 Å². The highest BCUT2D eigenvalue weighted by Gasteiger charge is 2.30. The standard InChI is InChI=1S/C25H26BrFN6O2/c1-3-20(34)25(35)32-8-6-14(7-9-32)22-21(26)24(28-2)33-23(31-22)18(13-30-33)16-10-15-11-17(27)4-5-19(15)29-12-16/h4-5,10-14,20,28,34H,3,6-9H2,1-2H3. The Balaban J connectivity index is 1.53. The van der Waals surface area contributed by atoms with Crippen LogP contribution in [0.4, 0.5) is 10.2 Å². The van der Waals surface area contributed by atoms with Crippen LogP contribution in [0.1, 0.15) is 37.8 Å². The molecule has 1 aliphatic heterocycles. The molecule has 0 radical (unpaired) electrons. The van der Waals surface area contributed by atoms with Crippen LogP contribution < -0.4 is 5.32 Å². The van der Waals surface area contributed by atoms with Crippen molar-refractivity contribution < 1.29 is 14.3 Å². The van der Waals surface area contributed by atoms with E-state index in [2.05, 4.69) is 31.3 Å². The smallest absolute Gasteiger partial charge is 0.251 e. The molecule has 0 saturated carbocycles. The predicted molar refractivity (Wildman–Crippen MR) is 136 cm³/mol. The quantitative estimate of drug-likeness (QED) is 0.390. The molecular formula is C25H26BrFN6O2. The van der Waals surface area contributed by atoms with Gasteiger partial charge in [0.1, 0.15) is 17.7 Å². The number of carbonyl (C=O) groups excluding carboxylic acids is 1. The summed E-state index contributed by atoms with van der Waals surface area (Å²) in [5, 5.41) is 18.4. The number of hydrogen-bond donors (Lipinski definition) is 2. The van der Waals surface area contributed by atoms with E-state index in [9.17, 15) is 14.3 Å². The van der Waals surface area contributed by atoms with Crippen molar-refractivity contribution in [1.29, 1.82) is 0 Å². The van der Waals surface area contributed by atoms with Crippen LogP contribution in [0.25, 0.3) is 27.7 Å². The van der Waals surface area contributed by atoms with Crippen LogP contribution in [0.2, 0.25) is 0 Å². The van der Waals surface area contributed by atoms with E-state index < -0.39 is 6.10 Å². The number of amides is 1. The van der Waals surface area contributed by atoms with Crippen molar-refractivity contribution in [3.05, 3.63) is 52.6 Å². The first-order chi connectivity index (χ1) is 16.9. The topological polar surface area (TPSA) is 95.6 Å². The number of nitrogens with one attached hydrogen (secondary N) is 1. The molecule has 8 nitrogen and oxygen atoms in total. The van der Waals surface area contributed by atoms with E-state index >= 15 is 0 Å². The number of rotatable bonds is 5. The second-order valence-electron chi connectivity index (χ2n) is 8.79. The number of anilines is 1. The van der Waals surface area contributed by atoms with Gasteiger partial charge in [0, 0.05) is 48.8 Å². The first kappa shape index (κ1) is 23.6. The zero-order valence-corrected chi connectivity index (χ0v) is 21.1. The third-order valence-corrected chi connectivity index (χ3v) is 7.45. The number of piperidine rings is 1. The van der Waals surface area contributed by atoms with Crippen LogP contribution in [0.3, 0.4) is 0 Å². The zero-order chi connectivity index (χ0) is 24.7. The number of nitrogens with zero attached hydrogens (tertiary/aromatic N) is 5. The number of fused-ring (bicyclic) bond motifs is 2. The molecule has 1 unspecified atom stereocenters. The fraction of sp³-hybridized carbons (Fsp3) is 0.360. The maximum Gasteiger partial charge on any atom is 0.251 e. The van der Waals surface area contributed by atoms with Gasteiger partial charge >= 0.3 is 0 Å². The van der Waals surface area contributed by atoms with Gasteiger partial charge < -0.3 is 15.3 Å². The summed E-state index contributed by atoms with van der Waals surface area (Å²) in [6.07, 6.45) is 4.45. The van der Waals surface area contributed by atoms with E-state index in [0.717, 1.165) is 40.0 Å². The molecule has 0 spiro atoms. The maximum atomic E-state index is 13.8. The van der Waals surface area contributed by atoms with Gasteiger partial charge in [-0.05, 0) is 59.5 Å². The van der Waals surface area contributed by atoms with Crippen LogP contribution in [0, 0.1) is 5.82 Å². The summed E-state index contributed by atoms with van der Waals surface area (Å²) in [6, 6.07) is 6.43. The van der Waals surface area contributed by atoms with Crippen LogP contribution in [0.5, 0.6) is 0 Å². The molecule has 1 aromatic carbocycles. The molecule has 182 valence electrons. The van der Waals surface area contributed by atoms with Gasteiger partial charge in [0.15, 0.2) is 5.65 Å². The van der Waals surface area contributed by atoms with Crippen molar-refractivity contribution in [2.45, 2.75) is 38.2 Å². The van der Waals surface area contributed by atoms with Gasteiger partial charge in [-0.1, -0.05) is 6.92 Å². The minimum atomic E-state index is -0.943. The van der Waals surface area contributed by atoms with Crippen LogP contribution in [-0.2, 0) is 4.79 Å². The van der Waals surface area contributed by atoms with E-state index in [4.69, 9.17) is 4.98 Å². The predicted octanol–water partition coefficient (Wildman–Crippen LogP) is 4.36. The first-order valence-electron chi connectivity index (χ1n) is 11.7. The summed E-state index contributed by atoms with van der Waals surface area (Å²) >= 11 is 3.72. The molecule has 5 rings (SSSR count). The molecule has 1 saturated heterocycles. The van der Waals surface area contributed by atoms with Gasteiger partial charge in [0.2, 0.25) is 0 Å². The highest BCUT2D eigenvalue weighted by atomic mass is 79.9. The monoisotopic (exact) mass is 540 g/mol. The number of aliphatic hydroxyl groups excluding tert-OH is 1. The maximum absolute atomic E-state index is 13.8. The Morgan fingerprint density at radius 3 is 2.77 bits per heavy atom. The zero-order valence-electron chi connectivity index (χ0n) is 19.5. The Kier molecular flexibility index (Phi) is 6.41. The van der Waals surface area contributed by atoms with Crippen LogP contribution >= 0.6 is 15.9 Å². The molecule has 2 N–H and O–H groups in total. The van der Waals surface area contributed by atoms with E-state index in [1.54, 1.807) is 34.8 Å². The highest BCUT2D eigenvalue weighted by molar-refractivity contribution is 9.10. The number of likely N-dealkylation sites (tertiary alicyclic amines) is 1. The van der Waals surface area contributed by atoms with Gasteiger partial charge in [0.25, 0.3) is 5.91 Å². The van der Waals surface area contributed by atoms with Gasteiger partial charge in [-0.15, -0.1) is 0 Å². The largest absolute Gasteiger partial charge is 0.383 e. The number of halogens is 2. The normalized spacial score (nSPS) is 15.6. The molecule has 4 heterocycles. The molecule has 0 bridgehead atoms. The summed E-state index contributed by atoms with van der Waals surface area (Å²) < 4.78 is 16.4. The van der Waals surface area contributed by atoms with Gasteiger partial charge in [-0.25, -0.2) is 9.37 Å². The lowest BCUT2D eigenvalue weighted by molar-refractivity contribution is -0.141. The second kappa shape index (κ2) is 9.50. The summed E-state index contributed by atoms with van der Waals surface area (Å²) in [5.41, 5.74) is 3.88. The lowest BCUT2D eigenvalue weighted by Crippen LogP contribution is -2.43. The third kappa shape index (κ3) is 4.25. The van der Waals surface area contributed by atoms with E-state index in [0.29, 0.717) is 36.1 Å². The Morgan fingerprint density at radius 2 is 2.06 bits per heavy atom. The molecular weight excluding hydrogens is 515 g/mol. The fourth-order valence-electron chi connectivity index (χ4n) is 4.69. The van der Waals surface area contributed by atoms with Crippen LogP contribution in [-0.4, -0.2) is 61.7 Å². The Hall–Kier alpha value is -3.11. The Labute approximate surface area is 210 Å². The summed E-state index contributed by atoms with van der Waals surface area (Å²) in [4.78, 5) is 23.6. The number of carbonyl (C=O) groups is 1. The Bertz CT molecular complexity index is 1420. The first-order valence-corrected chi connectivity index (χ1v) is 12.5. The lowest BCUT2D eigenvalue weighted by Gasteiger charge is -2.33. The van der Waals surface area contributed by atoms with E-state index in [1.165, 1.54) is 12.1 Å². The van der Waals surface area contributed by atoms with Crippen LogP contribution in [0.15, 0.2) is 41.1 Å². The summed E-state index contributed by atoms with van der Waals surface area (Å²) in [7, 11) is 1.83. The molecule has 35 heavy (non-hydrogen) atoms. The third-order valence-electron chi connectivity index (χ3n) is 6.67. The Morgan fingerprint density at radius 1 is 1.29 bits per heavy atom. The minimum Gasteiger partial charge on any atom is -0.383 e. The van der Waals surface area contributed by atoms with Crippen molar-refractivity contribution in [2.75, 3.05) is 25.5 Å². The number of aromatic nitrogens is 4. The second-order valence-corrected chi connectivity index (χ2v) is 9.58. The number of benzene rings is 1. The lowest BCUT2D eigenvalue weighted by atomic mass is 9.92. The van der Waals surface area contributed by atoms with E-state index in [-0.39, 0.29) is 17.6 Å². The average molecular weight is 541 g/mol. The molecule has 1 atom stereocenters. The van der Waals surface area contributed by atoms with Crippen molar-refractivity contribution in [1.82, 2.24) is 24.5 Å². The minimum absolute atomic E-state index is 0.135. The van der Waals surface area contributed by atoms with Gasteiger partial charge in [0.05, 0.1) is 21.9 Å². The van der Waals surface area contributed by atoms with Gasteiger partial charge in [-0.3, -0.25) is 9.78 Å². The van der Waals surface area contributed by atoms with Crippen molar-refractivity contribution in [2.24, 2.45) is 0 Å². The average Bonchev–Trinajstić information content (AvgIpc) is 3.30. The molecule has 3 aromatic heterocycles. The molecule has 0 aliphatic carbocycles. The number of pyridine rings is 1. The molecule has 1 amide bonds. The molecule has 1 fully saturated rings. The summed E-state index contributed by atoms with van der Waals surface area (Å²) in [6.45, 7) is 2.94. The molecule has 10 heteroatoms. The number of aliphatic hydroxyl groups is 1. The van der Waals surface area contributed by atoms with Gasteiger partial charge in [-0.2, -0.15) is 9.61 Å². The summed E-state index contributed by atoms with van der Waals surface area (Å²) in [5.74, 6) is 0.392. The number of hydrogen-bond acceptors (Lipinski definition) is 6. The fourth-order valence-corrected chi connectivity index (χ4v) is 5.47. The highest BCUT2D eigenvalue weighted by Crippen LogP contribution is 2.38. The molecule has 1 aliphatic rings. The van der Waals surface area contributed by atoms with Crippen molar-refractivity contribution >= 4 is 44.2 Å². The molecule has 4 aromatic rings. The van der Waals surface area contributed by atoms with Crippen molar-refractivity contribution in [3.63, 3.8) is 0 Å². The van der Waals surface area contributed by atoms with E-state index in [1.807, 2.05) is 13.1 Å². The SMILES string of the molecule is CCC(O)C(=O)N1CCC(c2nc3c(-c4cnc5ccc(F)cc5c4)cnn3c(NC)c2Br)CC1.